The number of fused-ring (bicyclic) bond motifs is 1. The van der Waals surface area contributed by atoms with Crippen LogP contribution in [0.1, 0.15) is 32.0 Å². The van der Waals surface area contributed by atoms with Gasteiger partial charge in [0, 0.05) is 48.3 Å². The summed E-state index contributed by atoms with van der Waals surface area (Å²) in [5, 5.41) is 0.850. The molecule has 0 spiro atoms. The van der Waals surface area contributed by atoms with Gasteiger partial charge in [0.1, 0.15) is 0 Å². The number of nitrogens with zero attached hydrogens (tertiary/aromatic N) is 2. The van der Waals surface area contributed by atoms with E-state index in [2.05, 4.69) is 4.98 Å². The van der Waals surface area contributed by atoms with Crippen LogP contribution in [0.5, 0.6) is 0 Å². The number of amides is 2. The van der Waals surface area contributed by atoms with Gasteiger partial charge < -0.3 is 14.8 Å². The molecule has 0 bridgehead atoms. The Morgan fingerprint density at radius 1 is 0.900 bits per heavy atom. The van der Waals surface area contributed by atoms with E-state index in [1.165, 1.54) is 17.0 Å². The summed E-state index contributed by atoms with van der Waals surface area (Å²) in [6, 6.07) is 12.0. The molecule has 1 aliphatic heterocycles. The molecule has 8 heteroatoms. The van der Waals surface area contributed by atoms with Crippen molar-refractivity contribution in [1.29, 1.82) is 0 Å². The minimum Gasteiger partial charge on any atom is -0.358 e. The second-order valence-electron chi connectivity index (χ2n) is 7.33. The van der Waals surface area contributed by atoms with Crippen LogP contribution in [-0.2, 0) is 6.18 Å². The normalized spacial score (nSPS) is 14.9. The van der Waals surface area contributed by atoms with E-state index in [4.69, 9.17) is 0 Å². The first-order valence-electron chi connectivity index (χ1n) is 9.59. The second-order valence-corrected chi connectivity index (χ2v) is 7.33. The molecule has 30 heavy (non-hydrogen) atoms. The SMILES string of the molecule is Cc1[nH]c2ccccc2c1C(=O)N1CCN(C(=O)c2cccc(C(F)(F)F)c2)CC1. The van der Waals surface area contributed by atoms with E-state index in [0.29, 0.717) is 18.7 Å². The third-order valence-electron chi connectivity index (χ3n) is 5.40. The van der Waals surface area contributed by atoms with Crippen molar-refractivity contribution in [2.24, 2.45) is 0 Å². The molecule has 2 aromatic carbocycles. The molecule has 0 unspecified atom stereocenters. The van der Waals surface area contributed by atoms with Gasteiger partial charge in [-0.2, -0.15) is 13.2 Å². The molecular formula is C22H20F3N3O2. The zero-order valence-electron chi connectivity index (χ0n) is 16.3. The summed E-state index contributed by atoms with van der Waals surface area (Å²) in [5.41, 5.74) is 1.43. The van der Waals surface area contributed by atoms with Gasteiger partial charge >= 0.3 is 6.18 Å². The van der Waals surface area contributed by atoms with Crippen molar-refractivity contribution in [3.8, 4) is 0 Å². The van der Waals surface area contributed by atoms with E-state index in [1.54, 1.807) is 4.90 Å². The summed E-state index contributed by atoms with van der Waals surface area (Å²) in [6.45, 7) is 3.02. The summed E-state index contributed by atoms with van der Waals surface area (Å²) in [6.07, 6.45) is -4.50. The Hall–Kier alpha value is -3.29. The molecule has 4 rings (SSSR count). The number of hydrogen-bond acceptors (Lipinski definition) is 2. The lowest BCUT2D eigenvalue weighted by molar-refractivity contribution is -0.137. The first kappa shape index (κ1) is 20.0. The first-order valence-corrected chi connectivity index (χ1v) is 9.59. The number of carbonyl (C=O) groups is 2. The molecule has 1 fully saturated rings. The molecule has 1 N–H and O–H groups in total. The van der Waals surface area contributed by atoms with E-state index < -0.39 is 17.6 Å². The molecule has 1 saturated heterocycles. The van der Waals surface area contributed by atoms with Gasteiger partial charge in [0.2, 0.25) is 0 Å². The number of aryl methyl sites for hydroxylation is 1. The molecule has 0 saturated carbocycles. The minimum absolute atomic E-state index is 0.00271. The van der Waals surface area contributed by atoms with Crippen LogP contribution in [0.2, 0.25) is 0 Å². The zero-order chi connectivity index (χ0) is 21.5. The van der Waals surface area contributed by atoms with Gasteiger partial charge in [0.05, 0.1) is 11.1 Å². The number of aromatic nitrogens is 1. The van der Waals surface area contributed by atoms with Gasteiger partial charge in [-0.15, -0.1) is 0 Å². The maximum atomic E-state index is 13.1. The molecule has 3 aromatic rings. The molecule has 5 nitrogen and oxygen atoms in total. The number of hydrogen-bond donors (Lipinski definition) is 1. The van der Waals surface area contributed by atoms with Crippen molar-refractivity contribution in [2.45, 2.75) is 13.1 Å². The second kappa shape index (κ2) is 7.51. The van der Waals surface area contributed by atoms with Gasteiger partial charge in [-0.1, -0.05) is 24.3 Å². The number of aromatic amines is 1. The van der Waals surface area contributed by atoms with Crippen LogP contribution in [0.25, 0.3) is 10.9 Å². The highest BCUT2D eigenvalue weighted by atomic mass is 19.4. The van der Waals surface area contributed by atoms with Crippen LogP contribution in [-0.4, -0.2) is 52.8 Å². The fourth-order valence-electron chi connectivity index (χ4n) is 3.83. The van der Waals surface area contributed by atoms with Crippen molar-refractivity contribution in [1.82, 2.24) is 14.8 Å². The Bertz CT molecular complexity index is 1110. The number of rotatable bonds is 2. The fourth-order valence-corrected chi connectivity index (χ4v) is 3.83. The number of H-pyrrole nitrogens is 1. The van der Waals surface area contributed by atoms with E-state index in [0.717, 1.165) is 28.7 Å². The molecule has 0 aliphatic carbocycles. The van der Waals surface area contributed by atoms with Crippen LogP contribution < -0.4 is 0 Å². The van der Waals surface area contributed by atoms with E-state index in [9.17, 15) is 22.8 Å². The van der Waals surface area contributed by atoms with Crippen molar-refractivity contribution in [3.05, 3.63) is 70.9 Å². The van der Waals surface area contributed by atoms with Crippen LogP contribution in [0.15, 0.2) is 48.5 Å². The van der Waals surface area contributed by atoms with Gasteiger partial charge in [-0.05, 0) is 31.2 Å². The summed E-state index contributed by atoms with van der Waals surface area (Å²) >= 11 is 0. The average molecular weight is 415 g/mol. The Labute approximate surface area is 171 Å². The third-order valence-corrected chi connectivity index (χ3v) is 5.40. The Balaban J connectivity index is 1.47. The number of carbonyl (C=O) groups excluding carboxylic acids is 2. The number of alkyl halides is 3. The maximum Gasteiger partial charge on any atom is 0.416 e. The number of benzene rings is 2. The van der Waals surface area contributed by atoms with Crippen molar-refractivity contribution >= 4 is 22.7 Å². The highest BCUT2D eigenvalue weighted by Crippen LogP contribution is 2.30. The van der Waals surface area contributed by atoms with Gasteiger partial charge in [0.25, 0.3) is 11.8 Å². The molecule has 156 valence electrons. The van der Waals surface area contributed by atoms with Crippen LogP contribution in [0, 0.1) is 6.92 Å². The quantitative estimate of drug-likeness (QED) is 0.685. The molecule has 1 aromatic heterocycles. The van der Waals surface area contributed by atoms with E-state index in [1.807, 2.05) is 31.2 Å². The highest BCUT2D eigenvalue weighted by Gasteiger charge is 2.32. The highest BCUT2D eigenvalue weighted by molar-refractivity contribution is 6.08. The van der Waals surface area contributed by atoms with Gasteiger partial charge in [-0.3, -0.25) is 9.59 Å². The third kappa shape index (κ3) is 3.65. The average Bonchev–Trinajstić information content (AvgIpc) is 3.08. The van der Waals surface area contributed by atoms with Crippen LogP contribution in [0.4, 0.5) is 13.2 Å². The summed E-state index contributed by atoms with van der Waals surface area (Å²) < 4.78 is 38.8. The number of nitrogens with one attached hydrogen (secondary N) is 1. The first-order chi connectivity index (χ1) is 14.3. The fraction of sp³-hybridized carbons (Fsp3) is 0.273. The molecule has 2 heterocycles. The maximum absolute atomic E-state index is 13.1. The predicted molar refractivity (Wildman–Crippen MR) is 106 cm³/mol. The molecule has 2 amide bonds. The van der Waals surface area contributed by atoms with Gasteiger partial charge in [-0.25, -0.2) is 0 Å². The molecular weight excluding hydrogens is 395 g/mol. The summed E-state index contributed by atoms with van der Waals surface area (Å²) in [4.78, 5) is 32.1. The van der Waals surface area contributed by atoms with Crippen LogP contribution >= 0.6 is 0 Å². The Morgan fingerprint density at radius 2 is 1.53 bits per heavy atom. The lowest BCUT2D eigenvalue weighted by Gasteiger charge is -2.35. The summed E-state index contributed by atoms with van der Waals surface area (Å²) in [5.74, 6) is -0.576. The lowest BCUT2D eigenvalue weighted by atomic mass is 10.1. The van der Waals surface area contributed by atoms with E-state index in [-0.39, 0.29) is 24.6 Å². The van der Waals surface area contributed by atoms with Crippen molar-refractivity contribution < 1.29 is 22.8 Å². The zero-order valence-corrected chi connectivity index (χ0v) is 16.3. The number of para-hydroxylation sites is 1. The van der Waals surface area contributed by atoms with Gasteiger partial charge in [0.15, 0.2) is 0 Å². The standard InChI is InChI=1S/C22H20F3N3O2/c1-14-19(17-7-2-3-8-18(17)26-14)21(30)28-11-9-27(10-12-28)20(29)15-5-4-6-16(13-15)22(23,24)25/h2-8,13,26H,9-12H2,1H3. The Kier molecular flexibility index (Phi) is 5.01. The minimum atomic E-state index is -4.50. The topological polar surface area (TPSA) is 56.4 Å². The number of halogens is 3. The Morgan fingerprint density at radius 3 is 2.20 bits per heavy atom. The van der Waals surface area contributed by atoms with E-state index >= 15 is 0 Å². The summed E-state index contributed by atoms with van der Waals surface area (Å²) in [7, 11) is 0. The monoisotopic (exact) mass is 415 g/mol. The molecule has 1 aliphatic rings. The van der Waals surface area contributed by atoms with Crippen molar-refractivity contribution in [2.75, 3.05) is 26.2 Å². The smallest absolute Gasteiger partial charge is 0.358 e. The lowest BCUT2D eigenvalue weighted by Crippen LogP contribution is -2.50. The largest absolute Gasteiger partial charge is 0.416 e. The molecule has 0 atom stereocenters. The predicted octanol–water partition coefficient (Wildman–Crippen LogP) is 4.09. The molecule has 0 radical (unpaired) electrons. The number of piperazine rings is 1. The van der Waals surface area contributed by atoms with Crippen LogP contribution in [0.3, 0.4) is 0 Å². The van der Waals surface area contributed by atoms with Crippen molar-refractivity contribution in [3.63, 3.8) is 0 Å².